The number of halogens is 1. The molecule has 1 heterocycles. The lowest BCUT2D eigenvalue weighted by Crippen LogP contribution is -2.19. The number of nitrogen functional groups attached to an aromatic ring is 1. The number of aromatic hydroxyl groups is 1. The summed E-state index contributed by atoms with van der Waals surface area (Å²) in [7, 11) is -2.54. The Balaban J connectivity index is 1.77. The van der Waals surface area contributed by atoms with Gasteiger partial charge in [0.25, 0.3) is 0 Å². The molecule has 0 saturated heterocycles. The Morgan fingerprint density at radius 1 is 1.06 bits per heavy atom. The van der Waals surface area contributed by atoms with Gasteiger partial charge in [0.05, 0.1) is 16.3 Å². The fourth-order valence-electron chi connectivity index (χ4n) is 3.76. The highest BCUT2D eigenvalue weighted by Crippen LogP contribution is 2.32. The Bertz CT molecular complexity index is 1500. The monoisotopic (exact) mass is 479 g/mol. The molecule has 7 nitrogen and oxygen atoms in total. The fourth-order valence-corrected chi connectivity index (χ4v) is 5.22. The van der Waals surface area contributed by atoms with E-state index in [9.17, 15) is 22.7 Å². The molecule has 0 spiro atoms. The number of fused-ring (bicyclic) bond motifs is 1. The first-order valence-electron chi connectivity index (χ1n) is 10.4. The largest absolute Gasteiger partial charge is 0.505 e. The van der Waals surface area contributed by atoms with Crippen molar-refractivity contribution >= 4 is 37.8 Å². The number of hydrogen-bond acceptors (Lipinski definition) is 7. The van der Waals surface area contributed by atoms with Crippen molar-refractivity contribution in [2.24, 2.45) is 0 Å². The zero-order chi connectivity index (χ0) is 24.5. The number of nitrogens with one attached hydrogen (secondary N) is 1. The summed E-state index contributed by atoms with van der Waals surface area (Å²) in [5, 5.41) is 14.6. The van der Waals surface area contributed by atoms with Crippen molar-refractivity contribution in [3.8, 4) is 5.75 Å². The highest BCUT2D eigenvalue weighted by Gasteiger charge is 2.27. The van der Waals surface area contributed by atoms with E-state index in [1.807, 2.05) is 0 Å². The molecule has 34 heavy (non-hydrogen) atoms. The molecule has 0 aliphatic heterocycles. The van der Waals surface area contributed by atoms with Crippen LogP contribution in [0.2, 0.25) is 0 Å². The Kier molecular flexibility index (Phi) is 6.21. The number of sulfone groups is 1. The first-order valence-corrected chi connectivity index (χ1v) is 12.0. The summed E-state index contributed by atoms with van der Waals surface area (Å²) in [6.07, 6.45) is 0.257. The molecule has 9 heteroatoms. The standard InChI is InChI=1S/C25H22FN3O4S/c1-28-20-11-10-17(27)13-23(20)34(32,33)14-22(30)24-25(31)19-5-3-2-4-18(19)21(29-24)12-15-6-8-16(26)9-7-15/h2-11,13,28,31H,12,14,27H2,1H3. The van der Waals surface area contributed by atoms with E-state index in [2.05, 4.69) is 10.3 Å². The third-order valence-corrected chi connectivity index (χ3v) is 7.09. The number of anilines is 2. The minimum atomic E-state index is -4.10. The van der Waals surface area contributed by atoms with Crippen LogP contribution >= 0.6 is 0 Å². The van der Waals surface area contributed by atoms with Crippen LogP contribution in [0.4, 0.5) is 15.8 Å². The smallest absolute Gasteiger partial charge is 0.200 e. The van der Waals surface area contributed by atoms with E-state index in [-0.39, 0.29) is 34.3 Å². The number of nitrogens with two attached hydrogens (primary N) is 1. The molecule has 0 unspecified atom stereocenters. The summed E-state index contributed by atoms with van der Waals surface area (Å²) >= 11 is 0. The number of carbonyl (C=O) groups is 1. The number of rotatable bonds is 7. The maximum atomic E-state index is 13.3. The van der Waals surface area contributed by atoms with Gasteiger partial charge in [-0.05, 0) is 35.9 Å². The Labute approximate surface area is 196 Å². The summed E-state index contributed by atoms with van der Waals surface area (Å²) in [6.45, 7) is 0. The Morgan fingerprint density at radius 3 is 2.41 bits per heavy atom. The molecule has 0 fully saturated rings. The van der Waals surface area contributed by atoms with Gasteiger partial charge in [0.1, 0.15) is 17.3 Å². The normalized spacial score (nSPS) is 11.5. The van der Waals surface area contributed by atoms with Crippen LogP contribution in [-0.4, -0.2) is 37.1 Å². The first-order chi connectivity index (χ1) is 16.2. The number of benzene rings is 3. The van der Waals surface area contributed by atoms with Crippen LogP contribution in [0.3, 0.4) is 0 Å². The minimum Gasteiger partial charge on any atom is -0.505 e. The minimum absolute atomic E-state index is 0.116. The quantitative estimate of drug-likeness (QED) is 0.271. The average Bonchev–Trinajstić information content (AvgIpc) is 2.82. The van der Waals surface area contributed by atoms with E-state index in [0.717, 1.165) is 5.56 Å². The maximum Gasteiger partial charge on any atom is 0.200 e. The van der Waals surface area contributed by atoms with Crippen LogP contribution in [0.25, 0.3) is 10.8 Å². The van der Waals surface area contributed by atoms with Gasteiger partial charge >= 0.3 is 0 Å². The second kappa shape index (κ2) is 9.11. The number of nitrogens with zero attached hydrogens (tertiary/aromatic N) is 1. The van der Waals surface area contributed by atoms with Gasteiger partial charge < -0.3 is 16.2 Å². The van der Waals surface area contributed by atoms with Crippen LogP contribution in [-0.2, 0) is 16.3 Å². The Morgan fingerprint density at radius 2 is 1.74 bits per heavy atom. The van der Waals surface area contributed by atoms with Gasteiger partial charge in [0, 0.05) is 29.9 Å². The third kappa shape index (κ3) is 4.55. The molecule has 0 aliphatic carbocycles. The zero-order valence-corrected chi connectivity index (χ0v) is 19.1. The molecule has 4 aromatic rings. The molecule has 174 valence electrons. The lowest BCUT2D eigenvalue weighted by molar-refractivity contribution is 0.101. The lowest BCUT2D eigenvalue weighted by Gasteiger charge is -2.13. The average molecular weight is 480 g/mol. The second-order valence-corrected chi connectivity index (χ2v) is 9.75. The predicted molar refractivity (Wildman–Crippen MR) is 129 cm³/mol. The summed E-state index contributed by atoms with van der Waals surface area (Å²) in [5.74, 6) is -2.52. The molecule has 0 saturated carbocycles. The van der Waals surface area contributed by atoms with Crippen molar-refractivity contribution in [3.05, 3.63) is 89.5 Å². The number of pyridine rings is 1. The van der Waals surface area contributed by atoms with Crippen LogP contribution < -0.4 is 11.1 Å². The molecule has 0 radical (unpaired) electrons. The number of hydrogen-bond donors (Lipinski definition) is 3. The number of carbonyl (C=O) groups excluding carboxylic acids is 1. The predicted octanol–water partition coefficient (Wildman–Crippen LogP) is 3.95. The van der Waals surface area contributed by atoms with Crippen LogP contribution in [0.1, 0.15) is 21.7 Å². The van der Waals surface area contributed by atoms with E-state index in [4.69, 9.17) is 5.73 Å². The van der Waals surface area contributed by atoms with Gasteiger partial charge in [0.2, 0.25) is 0 Å². The Hall–Kier alpha value is -3.98. The number of ketones is 1. The highest BCUT2D eigenvalue weighted by molar-refractivity contribution is 7.92. The van der Waals surface area contributed by atoms with E-state index in [1.165, 1.54) is 24.3 Å². The number of Topliss-reactive ketones (excluding diaryl/α,β-unsaturated/α-hetero) is 1. The third-order valence-electron chi connectivity index (χ3n) is 5.44. The molecule has 4 N–H and O–H groups in total. The molecule has 0 aliphatic rings. The zero-order valence-electron chi connectivity index (χ0n) is 18.2. The molecular formula is C25H22FN3O4S. The van der Waals surface area contributed by atoms with Crippen LogP contribution in [0, 0.1) is 5.82 Å². The molecule has 4 rings (SSSR count). The van der Waals surface area contributed by atoms with Crippen LogP contribution in [0.15, 0.2) is 71.6 Å². The van der Waals surface area contributed by atoms with Crippen molar-refractivity contribution in [1.82, 2.24) is 4.98 Å². The summed E-state index contributed by atoms with van der Waals surface area (Å²) in [6, 6.07) is 17.0. The van der Waals surface area contributed by atoms with E-state index < -0.39 is 21.4 Å². The topological polar surface area (TPSA) is 122 Å². The fraction of sp³-hybridized carbons (Fsp3) is 0.120. The van der Waals surface area contributed by atoms with Crippen molar-refractivity contribution in [2.75, 3.05) is 23.9 Å². The first kappa shape index (κ1) is 23.2. The summed E-state index contributed by atoms with van der Waals surface area (Å²) < 4.78 is 39.5. The second-order valence-electron chi connectivity index (χ2n) is 7.79. The highest BCUT2D eigenvalue weighted by atomic mass is 32.2. The van der Waals surface area contributed by atoms with Gasteiger partial charge in [-0.2, -0.15) is 0 Å². The molecule has 3 aromatic carbocycles. The van der Waals surface area contributed by atoms with Crippen molar-refractivity contribution < 1.29 is 22.7 Å². The van der Waals surface area contributed by atoms with Gasteiger partial charge in [-0.25, -0.2) is 17.8 Å². The molecule has 0 amide bonds. The lowest BCUT2D eigenvalue weighted by atomic mass is 10.0. The molecule has 0 bridgehead atoms. The van der Waals surface area contributed by atoms with E-state index in [0.29, 0.717) is 22.2 Å². The van der Waals surface area contributed by atoms with Crippen molar-refractivity contribution in [3.63, 3.8) is 0 Å². The van der Waals surface area contributed by atoms with Gasteiger partial charge in [-0.1, -0.05) is 36.4 Å². The molecular weight excluding hydrogens is 457 g/mol. The van der Waals surface area contributed by atoms with Gasteiger partial charge in [-0.15, -0.1) is 0 Å². The van der Waals surface area contributed by atoms with Crippen molar-refractivity contribution in [1.29, 1.82) is 0 Å². The van der Waals surface area contributed by atoms with Gasteiger partial charge in [0.15, 0.2) is 21.4 Å². The maximum absolute atomic E-state index is 13.3. The van der Waals surface area contributed by atoms with E-state index >= 15 is 0 Å². The number of aromatic nitrogens is 1. The van der Waals surface area contributed by atoms with Crippen LogP contribution in [0.5, 0.6) is 5.75 Å². The van der Waals surface area contributed by atoms with Crippen molar-refractivity contribution in [2.45, 2.75) is 11.3 Å². The molecule has 1 aromatic heterocycles. The summed E-state index contributed by atoms with van der Waals surface area (Å²) in [5.41, 5.74) is 7.16. The molecule has 0 atom stereocenters. The summed E-state index contributed by atoms with van der Waals surface area (Å²) in [4.78, 5) is 17.4. The van der Waals surface area contributed by atoms with E-state index in [1.54, 1.807) is 49.5 Å². The SMILES string of the molecule is CNc1ccc(N)cc1S(=O)(=O)CC(=O)c1nc(Cc2ccc(F)cc2)c2ccccc2c1O. The van der Waals surface area contributed by atoms with Gasteiger partial charge in [-0.3, -0.25) is 4.79 Å².